The van der Waals surface area contributed by atoms with Gasteiger partial charge in [-0.3, -0.25) is 4.18 Å². The summed E-state index contributed by atoms with van der Waals surface area (Å²) in [5.41, 5.74) is 1.33. The predicted octanol–water partition coefficient (Wildman–Crippen LogP) is 2.45. The molecule has 0 aromatic heterocycles. The van der Waals surface area contributed by atoms with Gasteiger partial charge in [0.05, 0.1) is 32.8 Å². The van der Waals surface area contributed by atoms with E-state index < -0.39 is 28.9 Å². The number of aliphatic hydroxyl groups is 1. The van der Waals surface area contributed by atoms with Gasteiger partial charge in [-0.1, -0.05) is 17.7 Å². The zero-order valence-corrected chi connectivity index (χ0v) is 19.0. The van der Waals surface area contributed by atoms with Crippen LogP contribution in [-0.2, 0) is 23.8 Å². The lowest BCUT2D eigenvalue weighted by Crippen LogP contribution is -2.31. The molecule has 0 aliphatic rings. The minimum absolute atomic E-state index is 0.0352. The van der Waals surface area contributed by atoms with Crippen molar-refractivity contribution in [3.05, 3.63) is 47.5 Å². The van der Waals surface area contributed by atoms with Crippen molar-refractivity contribution in [1.29, 1.82) is 0 Å². The first-order valence-electron chi connectivity index (χ1n) is 9.32. The molecule has 0 saturated carbocycles. The Balaban J connectivity index is 2.47. The second-order valence-corrected chi connectivity index (χ2v) is 8.11. The Morgan fingerprint density at radius 2 is 1.52 bits per heavy atom. The van der Waals surface area contributed by atoms with Gasteiger partial charge >= 0.3 is 0 Å². The molecule has 2 rings (SSSR count). The number of rotatable bonds is 12. The highest BCUT2D eigenvalue weighted by Gasteiger charge is 2.32. The van der Waals surface area contributed by atoms with E-state index in [1.54, 1.807) is 24.3 Å². The molecule has 0 heterocycles. The fraction of sp³-hybridized carbons (Fsp3) is 0.429. The maximum atomic E-state index is 12.8. The first kappa shape index (κ1) is 24.9. The van der Waals surface area contributed by atoms with Gasteiger partial charge in [-0.25, -0.2) is 0 Å². The first-order chi connectivity index (χ1) is 14.8. The normalized spacial score (nSPS) is 13.5. The van der Waals surface area contributed by atoms with E-state index in [1.165, 1.54) is 40.6 Å². The summed E-state index contributed by atoms with van der Waals surface area (Å²) in [7, 11) is 1.61. The molecule has 9 nitrogen and oxygen atoms in total. The quantitative estimate of drug-likeness (QED) is 0.380. The van der Waals surface area contributed by atoms with Crippen LogP contribution in [0.25, 0.3) is 0 Å². The topological polar surface area (TPSA) is 110 Å². The molecule has 0 aliphatic carbocycles. The molecule has 0 radical (unpaired) electrons. The third-order valence-corrected chi connectivity index (χ3v) is 5.81. The summed E-state index contributed by atoms with van der Waals surface area (Å²) in [6.07, 6.45) is -2.30. The van der Waals surface area contributed by atoms with E-state index in [0.29, 0.717) is 22.8 Å². The Labute approximate surface area is 182 Å². The third kappa shape index (κ3) is 6.08. The standard InChI is InChI=1S/C21H28O9S/c1-14-6-8-16(9-7-14)31(23,24)30-19(12-22)20(29-13-25-2)15-10-17(26-3)21(28-5)18(11-15)27-4/h6-11,19-20,22H,12-13H2,1-5H3/t19-,20-/m1/s1. The SMILES string of the molecule is COCO[C@H](c1cc(OC)c(OC)c(OC)c1)[C@@H](CO)OS(=O)(=O)c1ccc(C)cc1. The lowest BCUT2D eigenvalue weighted by molar-refractivity contribution is -0.116. The smallest absolute Gasteiger partial charge is 0.297 e. The van der Waals surface area contributed by atoms with Crippen molar-refractivity contribution in [1.82, 2.24) is 0 Å². The predicted molar refractivity (Wildman–Crippen MR) is 112 cm³/mol. The summed E-state index contributed by atoms with van der Waals surface area (Å²) in [5, 5.41) is 9.97. The zero-order valence-electron chi connectivity index (χ0n) is 18.2. The second kappa shape index (κ2) is 11.3. The molecule has 0 spiro atoms. The average Bonchev–Trinajstić information content (AvgIpc) is 2.77. The van der Waals surface area contributed by atoms with Gasteiger partial charge in [-0.05, 0) is 36.8 Å². The molecular weight excluding hydrogens is 428 g/mol. The molecule has 0 saturated heterocycles. The van der Waals surface area contributed by atoms with Crippen LogP contribution in [0.1, 0.15) is 17.2 Å². The molecule has 0 aliphatic heterocycles. The van der Waals surface area contributed by atoms with Crippen molar-refractivity contribution in [2.45, 2.75) is 24.0 Å². The van der Waals surface area contributed by atoms with E-state index in [-0.39, 0.29) is 11.7 Å². The van der Waals surface area contributed by atoms with Crippen molar-refractivity contribution in [2.75, 3.05) is 41.8 Å². The third-order valence-electron chi connectivity index (χ3n) is 4.46. The molecule has 0 bridgehead atoms. The van der Waals surface area contributed by atoms with Crippen LogP contribution in [0.2, 0.25) is 0 Å². The van der Waals surface area contributed by atoms with E-state index in [2.05, 4.69) is 0 Å². The summed E-state index contributed by atoms with van der Waals surface area (Å²) >= 11 is 0. The average molecular weight is 457 g/mol. The van der Waals surface area contributed by atoms with Crippen LogP contribution in [-0.4, -0.2) is 61.5 Å². The van der Waals surface area contributed by atoms with Gasteiger partial charge < -0.3 is 28.8 Å². The Kier molecular flexibility index (Phi) is 9.08. The zero-order chi connectivity index (χ0) is 23.0. The summed E-state index contributed by atoms with van der Waals surface area (Å²) in [6, 6.07) is 9.36. The molecule has 2 aromatic carbocycles. The lowest BCUT2D eigenvalue weighted by atomic mass is 10.0. The van der Waals surface area contributed by atoms with E-state index in [4.69, 9.17) is 27.9 Å². The van der Waals surface area contributed by atoms with Crippen LogP contribution >= 0.6 is 0 Å². The van der Waals surface area contributed by atoms with Crippen LogP contribution < -0.4 is 14.2 Å². The van der Waals surface area contributed by atoms with Crippen LogP contribution in [0.5, 0.6) is 17.2 Å². The number of aryl methyl sites for hydroxylation is 1. The first-order valence-corrected chi connectivity index (χ1v) is 10.7. The van der Waals surface area contributed by atoms with Crippen LogP contribution in [0, 0.1) is 6.92 Å². The number of hydrogen-bond acceptors (Lipinski definition) is 9. The van der Waals surface area contributed by atoms with Gasteiger partial charge in [0.25, 0.3) is 10.1 Å². The lowest BCUT2D eigenvalue weighted by Gasteiger charge is -2.27. The number of methoxy groups -OCH3 is 4. The highest BCUT2D eigenvalue weighted by Crippen LogP contribution is 2.41. The molecule has 2 aromatic rings. The van der Waals surface area contributed by atoms with Gasteiger partial charge in [-0.2, -0.15) is 8.42 Å². The Morgan fingerprint density at radius 3 is 1.97 bits per heavy atom. The minimum Gasteiger partial charge on any atom is -0.493 e. The van der Waals surface area contributed by atoms with E-state index >= 15 is 0 Å². The highest BCUT2D eigenvalue weighted by molar-refractivity contribution is 7.86. The summed E-state index contributed by atoms with van der Waals surface area (Å²) in [6.45, 7) is 1.02. The molecule has 2 atom stereocenters. The Morgan fingerprint density at radius 1 is 0.935 bits per heavy atom. The van der Waals surface area contributed by atoms with Crippen molar-refractivity contribution in [3.63, 3.8) is 0 Å². The minimum atomic E-state index is -4.18. The summed E-state index contributed by atoms with van der Waals surface area (Å²) in [5.74, 6) is 1.02. The van der Waals surface area contributed by atoms with Gasteiger partial charge in [0, 0.05) is 7.11 Å². The maximum absolute atomic E-state index is 12.8. The number of aliphatic hydroxyl groups excluding tert-OH is 1. The molecule has 31 heavy (non-hydrogen) atoms. The molecule has 172 valence electrons. The molecule has 0 unspecified atom stereocenters. The largest absolute Gasteiger partial charge is 0.493 e. The van der Waals surface area contributed by atoms with E-state index in [9.17, 15) is 13.5 Å². The number of hydrogen-bond donors (Lipinski definition) is 1. The van der Waals surface area contributed by atoms with Crippen LogP contribution in [0.4, 0.5) is 0 Å². The van der Waals surface area contributed by atoms with Gasteiger partial charge in [0.15, 0.2) is 11.5 Å². The second-order valence-electron chi connectivity index (χ2n) is 6.54. The van der Waals surface area contributed by atoms with Crippen LogP contribution in [0.3, 0.4) is 0 Å². The number of benzene rings is 2. The highest BCUT2D eigenvalue weighted by atomic mass is 32.2. The van der Waals surface area contributed by atoms with Crippen molar-refractivity contribution >= 4 is 10.1 Å². The van der Waals surface area contributed by atoms with Crippen molar-refractivity contribution < 1.29 is 41.4 Å². The van der Waals surface area contributed by atoms with E-state index in [1.807, 2.05) is 6.92 Å². The fourth-order valence-electron chi connectivity index (χ4n) is 2.93. The number of ether oxygens (including phenoxy) is 5. The molecular formula is C21H28O9S. The van der Waals surface area contributed by atoms with Gasteiger partial charge in [0.2, 0.25) is 5.75 Å². The van der Waals surface area contributed by atoms with Gasteiger partial charge in [0.1, 0.15) is 19.0 Å². The van der Waals surface area contributed by atoms with E-state index in [0.717, 1.165) is 5.56 Å². The molecule has 0 amide bonds. The molecule has 0 fully saturated rings. The monoisotopic (exact) mass is 456 g/mol. The summed E-state index contributed by atoms with van der Waals surface area (Å²) < 4.78 is 57.6. The Bertz CT molecular complexity index is 917. The molecule has 1 N–H and O–H groups in total. The van der Waals surface area contributed by atoms with Crippen LogP contribution in [0.15, 0.2) is 41.3 Å². The summed E-state index contributed by atoms with van der Waals surface area (Å²) in [4.78, 5) is -0.0352. The maximum Gasteiger partial charge on any atom is 0.297 e. The van der Waals surface area contributed by atoms with Crippen molar-refractivity contribution in [3.8, 4) is 17.2 Å². The molecule has 10 heteroatoms. The fourth-order valence-corrected chi connectivity index (χ4v) is 3.99. The van der Waals surface area contributed by atoms with Gasteiger partial charge in [-0.15, -0.1) is 0 Å². The Hall–Kier alpha value is -2.37. The van der Waals surface area contributed by atoms with Crippen molar-refractivity contribution in [2.24, 2.45) is 0 Å².